The van der Waals surface area contributed by atoms with Crippen LogP contribution in [0.5, 0.6) is 0 Å². The normalized spacial score (nSPS) is 10.5. The van der Waals surface area contributed by atoms with Gasteiger partial charge in [-0.1, -0.05) is 0 Å². The Morgan fingerprint density at radius 1 is 1.42 bits per heavy atom. The number of pyridine rings is 1. The van der Waals surface area contributed by atoms with Crippen molar-refractivity contribution < 1.29 is 0 Å². The first-order valence-corrected chi connectivity index (χ1v) is 3.75. The monoisotopic (exact) mass is 162 g/mol. The van der Waals surface area contributed by atoms with Crippen molar-refractivity contribution in [3.63, 3.8) is 0 Å². The Bertz CT molecular complexity index is 391. The van der Waals surface area contributed by atoms with Crippen molar-refractivity contribution in [1.29, 1.82) is 0 Å². The fourth-order valence-electron chi connectivity index (χ4n) is 1.18. The number of hydrogen-bond acceptors (Lipinski definition) is 3. The van der Waals surface area contributed by atoms with Crippen LogP contribution in [0, 0.1) is 0 Å². The summed E-state index contributed by atoms with van der Waals surface area (Å²) in [5.74, 6) is 0.929. The van der Waals surface area contributed by atoms with Crippen LogP contribution < -0.4 is 4.90 Å². The molecule has 2 aromatic heterocycles. The summed E-state index contributed by atoms with van der Waals surface area (Å²) in [7, 11) is 3.92. The zero-order valence-electron chi connectivity index (χ0n) is 7.07. The van der Waals surface area contributed by atoms with E-state index in [0.717, 1.165) is 16.9 Å². The molecule has 0 unspecified atom stereocenters. The average molecular weight is 162 g/mol. The van der Waals surface area contributed by atoms with Gasteiger partial charge >= 0.3 is 0 Å². The molecule has 0 bridgehead atoms. The van der Waals surface area contributed by atoms with Gasteiger partial charge in [0.25, 0.3) is 0 Å². The number of rotatable bonds is 1. The van der Waals surface area contributed by atoms with Crippen LogP contribution in [0.1, 0.15) is 0 Å². The van der Waals surface area contributed by atoms with E-state index in [9.17, 15) is 0 Å². The minimum atomic E-state index is 0.834. The van der Waals surface area contributed by atoms with Crippen LogP contribution in [0.2, 0.25) is 0 Å². The van der Waals surface area contributed by atoms with Crippen molar-refractivity contribution in [2.24, 2.45) is 0 Å². The summed E-state index contributed by atoms with van der Waals surface area (Å²) in [6.07, 6.45) is 1.75. The van der Waals surface area contributed by atoms with Gasteiger partial charge in [-0.05, 0) is 12.1 Å². The molecule has 0 atom stereocenters. The molecule has 12 heavy (non-hydrogen) atoms. The van der Waals surface area contributed by atoms with Crippen LogP contribution in [-0.2, 0) is 0 Å². The minimum absolute atomic E-state index is 0.834. The molecule has 1 N–H and O–H groups in total. The van der Waals surface area contributed by atoms with Crippen molar-refractivity contribution in [3.05, 3.63) is 18.3 Å². The second-order valence-electron chi connectivity index (χ2n) is 2.84. The van der Waals surface area contributed by atoms with Gasteiger partial charge in [-0.25, -0.2) is 4.98 Å². The molecule has 0 fully saturated rings. The highest BCUT2D eigenvalue weighted by molar-refractivity contribution is 5.86. The highest BCUT2D eigenvalue weighted by Crippen LogP contribution is 2.19. The van der Waals surface area contributed by atoms with Crippen molar-refractivity contribution >= 4 is 16.9 Å². The largest absolute Gasteiger partial charge is 0.361 e. The predicted molar refractivity (Wildman–Crippen MR) is 48.2 cm³/mol. The standard InChI is InChI=1S/C8H10N4/c1-12(2)8-6-4-3-5-9-7(6)10-11-8/h3-5H,1-2H3,(H,9,10,11). The third kappa shape index (κ3) is 0.922. The Labute approximate surface area is 70.2 Å². The first kappa shape index (κ1) is 7.09. The quantitative estimate of drug-likeness (QED) is 0.681. The van der Waals surface area contributed by atoms with E-state index in [2.05, 4.69) is 15.2 Å². The van der Waals surface area contributed by atoms with Gasteiger partial charge in [-0.15, -0.1) is 0 Å². The van der Waals surface area contributed by atoms with Crippen LogP contribution in [0.25, 0.3) is 11.0 Å². The number of fused-ring (bicyclic) bond motifs is 1. The summed E-state index contributed by atoms with van der Waals surface area (Å²) < 4.78 is 0. The van der Waals surface area contributed by atoms with E-state index in [4.69, 9.17) is 0 Å². The van der Waals surface area contributed by atoms with Gasteiger partial charge in [-0.3, -0.25) is 5.10 Å². The summed E-state index contributed by atoms with van der Waals surface area (Å²) in [6.45, 7) is 0. The Balaban J connectivity index is 2.70. The van der Waals surface area contributed by atoms with E-state index in [1.807, 2.05) is 31.1 Å². The number of hydrogen-bond donors (Lipinski definition) is 1. The van der Waals surface area contributed by atoms with E-state index in [1.165, 1.54) is 0 Å². The molecule has 0 aliphatic rings. The maximum atomic E-state index is 4.14. The fourth-order valence-corrected chi connectivity index (χ4v) is 1.18. The minimum Gasteiger partial charge on any atom is -0.361 e. The highest BCUT2D eigenvalue weighted by atomic mass is 15.3. The zero-order valence-corrected chi connectivity index (χ0v) is 7.07. The lowest BCUT2D eigenvalue weighted by molar-refractivity contribution is 1.02. The van der Waals surface area contributed by atoms with Gasteiger partial charge in [0.15, 0.2) is 11.5 Å². The van der Waals surface area contributed by atoms with Crippen LogP contribution in [0.4, 0.5) is 5.82 Å². The van der Waals surface area contributed by atoms with Crippen LogP contribution >= 0.6 is 0 Å². The Hall–Kier alpha value is -1.58. The molecule has 0 amide bonds. The number of aromatic nitrogens is 3. The Morgan fingerprint density at radius 2 is 2.25 bits per heavy atom. The second-order valence-corrected chi connectivity index (χ2v) is 2.84. The molecule has 0 spiro atoms. The molecule has 0 saturated heterocycles. The smallest absolute Gasteiger partial charge is 0.159 e. The first-order chi connectivity index (χ1) is 5.79. The van der Waals surface area contributed by atoms with E-state index < -0.39 is 0 Å². The second kappa shape index (κ2) is 2.48. The predicted octanol–water partition coefficient (Wildman–Crippen LogP) is 1.02. The van der Waals surface area contributed by atoms with Gasteiger partial charge in [0, 0.05) is 20.3 Å². The molecule has 0 aliphatic heterocycles. The van der Waals surface area contributed by atoms with Crippen LogP contribution in [0.15, 0.2) is 18.3 Å². The molecule has 2 rings (SSSR count). The molecule has 62 valence electrons. The topological polar surface area (TPSA) is 44.8 Å². The molecular weight excluding hydrogens is 152 g/mol. The molecule has 0 radical (unpaired) electrons. The molecule has 2 aromatic rings. The Morgan fingerprint density at radius 3 is 3.00 bits per heavy atom. The lowest BCUT2D eigenvalue weighted by Gasteiger charge is -2.06. The van der Waals surface area contributed by atoms with Crippen molar-refractivity contribution in [3.8, 4) is 0 Å². The van der Waals surface area contributed by atoms with Gasteiger partial charge in [0.1, 0.15) is 0 Å². The lowest BCUT2D eigenvalue weighted by atomic mass is 10.3. The summed E-state index contributed by atoms with van der Waals surface area (Å²) in [6, 6.07) is 3.91. The van der Waals surface area contributed by atoms with Gasteiger partial charge in [-0.2, -0.15) is 5.10 Å². The van der Waals surface area contributed by atoms with E-state index in [-0.39, 0.29) is 0 Å². The zero-order chi connectivity index (χ0) is 8.55. The highest BCUT2D eigenvalue weighted by Gasteiger charge is 2.05. The number of H-pyrrole nitrogens is 1. The van der Waals surface area contributed by atoms with Gasteiger partial charge in [0.05, 0.1) is 5.39 Å². The maximum absolute atomic E-state index is 4.14. The maximum Gasteiger partial charge on any atom is 0.159 e. The third-order valence-electron chi connectivity index (χ3n) is 1.74. The number of nitrogens with one attached hydrogen (secondary N) is 1. The van der Waals surface area contributed by atoms with E-state index >= 15 is 0 Å². The fraction of sp³-hybridized carbons (Fsp3) is 0.250. The van der Waals surface area contributed by atoms with Gasteiger partial charge in [0.2, 0.25) is 0 Å². The molecule has 4 nitrogen and oxygen atoms in total. The molecule has 0 saturated carbocycles. The van der Waals surface area contributed by atoms with E-state index in [1.54, 1.807) is 6.20 Å². The number of aromatic amines is 1. The summed E-state index contributed by atoms with van der Waals surface area (Å²) in [4.78, 5) is 6.10. The van der Waals surface area contributed by atoms with E-state index in [0.29, 0.717) is 0 Å². The Kier molecular flexibility index (Phi) is 1.46. The van der Waals surface area contributed by atoms with Crippen LogP contribution in [-0.4, -0.2) is 29.3 Å². The van der Waals surface area contributed by atoms with Crippen LogP contribution in [0.3, 0.4) is 0 Å². The van der Waals surface area contributed by atoms with Crippen molar-refractivity contribution in [2.75, 3.05) is 19.0 Å². The lowest BCUT2D eigenvalue weighted by Crippen LogP contribution is -2.09. The van der Waals surface area contributed by atoms with Crippen molar-refractivity contribution in [2.45, 2.75) is 0 Å². The summed E-state index contributed by atoms with van der Waals surface area (Å²) >= 11 is 0. The number of nitrogens with zero attached hydrogens (tertiary/aromatic N) is 3. The number of anilines is 1. The molecular formula is C8H10N4. The average Bonchev–Trinajstić information content (AvgIpc) is 2.47. The van der Waals surface area contributed by atoms with Crippen molar-refractivity contribution in [1.82, 2.24) is 15.2 Å². The summed E-state index contributed by atoms with van der Waals surface area (Å²) in [5, 5.41) is 8.06. The molecule has 0 aliphatic carbocycles. The molecule has 2 heterocycles. The molecule has 0 aromatic carbocycles. The SMILES string of the molecule is CN(C)c1n[nH]c2ncccc12. The van der Waals surface area contributed by atoms with Gasteiger partial charge < -0.3 is 4.90 Å². The summed E-state index contributed by atoms with van der Waals surface area (Å²) in [5.41, 5.74) is 0.834. The third-order valence-corrected chi connectivity index (χ3v) is 1.74. The first-order valence-electron chi connectivity index (χ1n) is 3.75. The molecule has 4 heteroatoms.